The first-order valence-electron chi connectivity index (χ1n) is 10.5. The van der Waals surface area contributed by atoms with E-state index in [-0.39, 0.29) is 35.4 Å². The van der Waals surface area contributed by atoms with Gasteiger partial charge in [-0.1, -0.05) is 38.1 Å². The van der Waals surface area contributed by atoms with Crippen molar-refractivity contribution in [3.63, 3.8) is 0 Å². The van der Waals surface area contributed by atoms with Crippen LogP contribution in [0, 0.1) is 5.92 Å². The lowest BCUT2D eigenvalue weighted by molar-refractivity contribution is -0.140. The molecule has 2 aliphatic heterocycles. The lowest BCUT2D eigenvalue weighted by atomic mass is 9.70. The molecule has 9 heteroatoms. The maximum atomic E-state index is 12.3. The second-order valence-corrected chi connectivity index (χ2v) is 8.47. The fraction of sp³-hybridized carbons (Fsp3) is 0.600. The number of carbonyl (C=O) groups is 2. The van der Waals surface area contributed by atoms with Crippen molar-refractivity contribution < 1.29 is 34.1 Å². The molecule has 158 valence electrons. The number of hydrogen-bond acceptors (Lipinski definition) is 6. The van der Waals surface area contributed by atoms with E-state index >= 15 is 0 Å². The van der Waals surface area contributed by atoms with Crippen LogP contribution in [0.4, 0.5) is 0 Å². The van der Waals surface area contributed by atoms with Gasteiger partial charge in [0, 0.05) is 6.42 Å². The summed E-state index contributed by atoms with van der Waals surface area (Å²) in [5.74, 6) is -0.387. The van der Waals surface area contributed by atoms with Crippen LogP contribution in [0.1, 0.15) is 54.4 Å². The Kier molecular flexibility index (Phi) is 5.44. The zero-order valence-corrected chi connectivity index (χ0v) is 16.4. The van der Waals surface area contributed by atoms with Gasteiger partial charge in [0.25, 0.3) is 0 Å². The first-order valence-corrected chi connectivity index (χ1v) is 10.5. The molecular formula is C20H27BNO7-. The smallest absolute Gasteiger partial charge is 0.430 e. The number of likely N-dealkylation sites (tertiary alicyclic amines) is 1. The summed E-state index contributed by atoms with van der Waals surface area (Å²) in [5.41, 5.74) is 0.398. The van der Waals surface area contributed by atoms with Crippen molar-refractivity contribution in [3.05, 3.63) is 23.3 Å². The third-order valence-electron chi connectivity index (χ3n) is 6.25. The van der Waals surface area contributed by atoms with E-state index in [4.69, 9.17) is 9.39 Å². The number of nitrogens with zero attached hydrogens (tertiary/aromatic N) is 1. The molecule has 1 saturated carbocycles. The topological polar surface area (TPSA) is 117 Å². The van der Waals surface area contributed by atoms with Gasteiger partial charge >= 0.3 is 12.7 Å². The molecule has 1 saturated heterocycles. The van der Waals surface area contributed by atoms with Crippen LogP contribution >= 0.6 is 0 Å². The molecule has 2 heterocycles. The third kappa shape index (κ3) is 4.35. The molecule has 0 bridgehead atoms. The molecule has 3 aliphatic rings. The molecule has 0 aromatic heterocycles. The van der Waals surface area contributed by atoms with Crippen LogP contribution in [0.25, 0.3) is 0 Å². The first kappa shape index (κ1) is 20.0. The number of aromatic carboxylic acids is 1. The molecule has 4 rings (SSSR count). The number of carbonyl (C=O) groups excluding carboxylic acids is 1. The SMILES string of the molecule is O=C(O)c1c(OC2CN(C(=O)CCC3CCCC3)C2)ccc2c1O[B-](O)(O)CC2. The molecule has 0 unspecified atom stereocenters. The Bertz CT molecular complexity index is 800. The van der Waals surface area contributed by atoms with E-state index in [1.54, 1.807) is 17.0 Å². The van der Waals surface area contributed by atoms with E-state index in [1.807, 2.05) is 0 Å². The quantitative estimate of drug-likeness (QED) is 0.619. The van der Waals surface area contributed by atoms with Crippen molar-refractivity contribution in [1.82, 2.24) is 4.90 Å². The molecular weight excluding hydrogens is 377 g/mol. The molecule has 8 nitrogen and oxygen atoms in total. The summed E-state index contributed by atoms with van der Waals surface area (Å²) in [6, 6.07) is 3.26. The minimum Gasteiger partial charge on any atom is -0.669 e. The van der Waals surface area contributed by atoms with Gasteiger partial charge in [0.15, 0.2) is 0 Å². The molecule has 0 spiro atoms. The van der Waals surface area contributed by atoms with Gasteiger partial charge < -0.3 is 29.4 Å². The van der Waals surface area contributed by atoms with Crippen molar-refractivity contribution in [2.45, 2.75) is 57.4 Å². The molecule has 1 aliphatic carbocycles. The highest BCUT2D eigenvalue weighted by Crippen LogP contribution is 2.39. The Labute approximate surface area is 169 Å². The molecule has 29 heavy (non-hydrogen) atoms. The lowest BCUT2D eigenvalue weighted by Gasteiger charge is -2.40. The van der Waals surface area contributed by atoms with Crippen LogP contribution in [0.15, 0.2) is 12.1 Å². The van der Waals surface area contributed by atoms with Crippen LogP contribution in [-0.2, 0) is 11.2 Å². The number of carboxylic acid groups (broad SMARTS) is 1. The normalized spacial score (nSPS) is 21.2. The summed E-state index contributed by atoms with van der Waals surface area (Å²) < 4.78 is 11.0. The highest BCUT2D eigenvalue weighted by atomic mass is 16.6. The van der Waals surface area contributed by atoms with Gasteiger partial charge in [0.2, 0.25) is 5.91 Å². The number of carboxylic acids is 1. The van der Waals surface area contributed by atoms with Crippen molar-refractivity contribution in [3.8, 4) is 11.5 Å². The maximum absolute atomic E-state index is 12.3. The summed E-state index contributed by atoms with van der Waals surface area (Å²) in [7, 11) is 0. The van der Waals surface area contributed by atoms with Crippen molar-refractivity contribution >= 4 is 18.6 Å². The fourth-order valence-electron chi connectivity index (χ4n) is 4.51. The number of amides is 1. The Hall–Kier alpha value is -2.26. The maximum Gasteiger partial charge on any atom is 0.430 e. The number of benzene rings is 1. The van der Waals surface area contributed by atoms with Crippen LogP contribution in [0.2, 0.25) is 6.32 Å². The molecule has 0 radical (unpaired) electrons. The summed E-state index contributed by atoms with van der Waals surface area (Å²) in [4.78, 5) is 25.9. The van der Waals surface area contributed by atoms with Gasteiger partial charge in [-0.25, -0.2) is 4.79 Å². The predicted molar refractivity (Wildman–Crippen MR) is 105 cm³/mol. The summed E-state index contributed by atoms with van der Waals surface area (Å²) in [5, 5.41) is 29.2. The summed E-state index contributed by atoms with van der Waals surface area (Å²) >= 11 is 0. The molecule has 1 amide bonds. The second kappa shape index (κ2) is 7.87. The Morgan fingerprint density at radius 1 is 1.21 bits per heavy atom. The minimum absolute atomic E-state index is 0.0207. The Morgan fingerprint density at radius 2 is 1.93 bits per heavy atom. The highest BCUT2D eigenvalue weighted by molar-refractivity contribution is 6.59. The van der Waals surface area contributed by atoms with Crippen LogP contribution in [-0.4, -0.2) is 57.9 Å². The minimum atomic E-state index is -3.07. The van der Waals surface area contributed by atoms with Crippen molar-refractivity contribution in [2.24, 2.45) is 5.92 Å². The Balaban J connectivity index is 1.37. The van der Waals surface area contributed by atoms with Crippen LogP contribution in [0.3, 0.4) is 0 Å². The second-order valence-electron chi connectivity index (χ2n) is 8.47. The number of aryl methyl sites for hydroxylation is 1. The first-order chi connectivity index (χ1) is 13.8. The van der Waals surface area contributed by atoms with Crippen LogP contribution < -0.4 is 9.39 Å². The van der Waals surface area contributed by atoms with Gasteiger partial charge in [-0.2, -0.15) is 0 Å². The van der Waals surface area contributed by atoms with Gasteiger partial charge in [-0.3, -0.25) is 4.79 Å². The zero-order valence-electron chi connectivity index (χ0n) is 16.4. The van der Waals surface area contributed by atoms with E-state index in [0.717, 1.165) is 6.42 Å². The standard InChI is InChI=1S/C20H27BNO7/c23-17(8-5-13-3-1-2-4-13)22-11-15(12-22)28-16-7-6-14-9-10-21(26,27)29-19(14)18(16)20(24)25/h6-7,13,15,26-27H,1-5,8-12H2,(H,24,25)/q-1. The van der Waals surface area contributed by atoms with E-state index in [1.165, 1.54) is 25.7 Å². The highest BCUT2D eigenvalue weighted by Gasteiger charge is 2.36. The fourth-order valence-corrected chi connectivity index (χ4v) is 4.51. The zero-order chi connectivity index (χ0) is 20.6. The third-order valence-corrected chi connectivity index (χ3v) is 6.25. The van der Waals surface area contributed by atoms with Crippen LogP contribution in [0.5, 0.6) is 11.5 Å². The van der Waals surface area contributed by atoms with E-state index in [2.05, 4.69) is 0 Å². The summed E-state index contributed by atoms with van der Waals surface area (Å²) in [6.45, 7) is -2.22. The Morgan fingerprint density at radius 3 is 2.62 bits per heavy atom. The van der Waals surface area contributed by atoms with Gasteiger partial charge in [-0.15, -0.1) is 0 Å². The molecule has 2 fully saturated rings. The van der Waals surface area contributed by atoms with Gasteiger partial charge in [0.1, 0.15) is 17.4 Å². The number of rotatable bonds is 6. The molecule has 1 aromatic rings. The van der Waals surface area contributed by atoms with Crippen molar-refractivity contribution in [1.29, 1.82) is 0 Å². The average Bonchev–Trinajstić information content (AvgIpc) is 3.14. The van der Waals surface area contributed by atoms with Gasteiger partial charge in [0.05, 0.1) is 18.8 Å². The monoisotopic (exact) mass is 404 g/mol. The lowest BCUT2D eigenvalue weighted by Crippen LogP contribution is -2.56. The molecule has 3 N–H and O–H groups in total. The number of ether oxygens (including phenoxy) is 1. The summed E-state index contributed by atoms with van der Waals surface area (Å²) in [6.07, 6.45) is 6.53. The van der Waals surface area contributed by atoms with E-state index in [0.29, 0.717) is 37.4 Å². The van der Waals surface area contributed by atoms with Crippen molar-refractivity contribution in [2.75, 3.05) is 13.1 Å². The van der Waals surface area contributed by atoms with Gasteiger partial charge in [-0.05, 0) is 30.4 Å². The molecule has 0 atom stereocenters. The van der Waals surface area contributed by atoms with E-state index < -0.39 is 12.7 Å². The molecule has 1 aromatic carbocycles. The predicted octanol–water partition coefficient (Wildman–Crippen LogP) is 1.80. The largest absolute Gasteiger partial charge is 0.669 e. The van der Waals surface area contributed by atoms with E-state index in [9.17, 15) is 24.7 Å². The number of fused-ring (bicyclic) bond motifs is 1. The number of hydrogen-bond donors (Lipinski definition) is 3. The average molecular weight is 404 g/mol.